The number of H-pyrrole nitrogens is 1. The predicted octanol–water partition coefficient (Wildman–Crippen LogP) is 7.46. The molecule has 208 valence electrons. The van der Waals surface area contributed by atoms with Crippen LogP contribution in [0.2, 0.25) is 0 Å². The molecule has 10 heteroatoms. The number of nitrogens with one attached hydrogen (secondary N) is 1. The molecule has 5 rings (SSSR count). The van der Waals surface area contributed by atoms with E-state index >= 15 is 0 Å². The fraction of sp³-hybridized carbons (Fsp3) is 0.194. The third-order valence-corrected chi connectivity index (χ3v) is 7.96. The molecule has 0 bridgehead atoms. The number of thiophene rings is 1. The van der Waals surface area contributed by atoms with E-state index in [0.717, 1.165) is 44.1 Å². The van der Waals surface area contributed by atoms with Crippen molar-refractivity contribution in [1.82, 2.24) is 9.55 Å². The van der Waals surface area contributed by atoms with E-state index in [0.29, 0.717) is 10.6 Å². The summed E-state index contributed by atoms with van der Waals surface area (Å²) in [7, 11) is 0. The normalized spacial score (nSPS) is 11.5. The molecule has 0 unspecified atom stereocenters. The highest BCUT2D eigenvalue weighted by Gasteiger charge is 2.36. The van der Waals surface area contributed by atoms with Crippen LogP contribution >= 0.6 is 11.3 Å². The number of pyridine rings is 1. The molecule has 0 amide bonds. The van der Waals surface area contributed by atoms with Crippen molar-refractivity contribution in [2.45, 2.75) is 33.5 Å². The monoisotopic (exact) mass is 575 g/mol. The van der Waals surface area contributed by atoms with Crippen molar-refractivity contribution in [3.63, 3.8) is 0 Å². The Morgan fingerprint density at radius 2 is 1.80 bits per heavy atom. The van der Waals surface area contributed by atoms with Crippen LogP contribution in [0.15, 0.2) is 65.5 Å². The first-order chi connectivity index (χ1) is 19.5. The summed E-state index contributed by atoms with van der Waals surface area (Å²) in [6.07, 6.45) is -4.88. The minimum atomic E-state index is -4.88. The number of hydrogen-bond donors (Lipinski definition) is 1. The van der Waals surface area contributed by atoms with Crippen molar-refractivity contribution in [1.29, 1.82) is 5.26 Å². The van der Waals surface area contributed by atoms with Gasteiger partial charge in [0.05, 0.1) is 29.3 Å². The second kappa shape index (κ2) is 10.7. The highest BCUT2D eigenvalue weighted by atomic mass is 32.1. The van der Waals surface area contributed by atoms with Crippen LogP contribution in [-0.2, 0) is 17.5 Å². The molecule has 0 radical (unpaired) electrons. The van der Waals surface area contributed by atoms with Crippen molar-refractivity contribution in [3.8, 4) is 27.1 Å². The van der Waals surface area contributed by atoms with E-state index in [1.165, 1.54) is 22.0 Å². The lowest BCUT2D eigenvalue weighted by molar-refractivity contribution is -0.137. The van der Waals surface area contributed by atoms with Gasteiger partial charge in [-0.05, 0) is 73.9 Å². The Bertz CT molecular complexity index is 1910. The van der Waals surface area contributed by atoms with Crippen molar-refractivity contribution in [2.24, 2.45) is 0 Å². The second-order valence-corrected chi connectivity index (χ2v) is 10.7. The third kappa shape index (κ3) is 5.41. The molecule has 5 aromatic rings. The van der Waals surface area contributed by atoms with Gasteiger partial charge in [0.1, 0.15) is 17.3 Å². The van der Waals surface area contributed by atoms with Crippen LogP contribution < -0.4 is 5.56 Å². The van der Waals surface area contributed by atoms with Crippen molar-refractivity contribution in [3.05, 3.63) is 105 Å². The zero-order valence-electron chi connectivity index (χ0n) is 22.3. The van der Waals surface area contributed by atoms with Gasteiger partial charge in [0.2, 0.25) is 0 Å². The SMILES string of the molecule is CCOC(=O)c1cc2cc(-c3ccc(-c4cc(C(F)(F)F)c(C#N)c(=O)n4Cc4ccc(C)cc4C)s3)ccc2[nH]1. The number of rotatable bonds is 6. The van der Waals surface area contributed by atoms with E-state index in [2.05, 4.69) is 4.98 Å². The van der Waals surface area contributed by atoms with Gasteiger partial charge in [-0.15, -0.1) is 11.3 Å². The molecular formula is C31H24F3N3O3S. The first-order valence-electron chi connectivity index (χ1n) is 12.7. The van der Waals surface area contributed by atoms with E-state index in [4.69, 9.17) is 4.74 Å². The van der Waals surface area contributed by atoms with Gasteiger partial charge in [-0.2, -0.15) is 18.4 Å². The fourth-order valence-electron chi connectivity index (χ4n) is 4.77. The zero-order valence-corrected chi connectivity index (χ0v) is 23.2. The number of hydrogen-bond acceptors (Lipinski definition) is 5. The molecule has 41 heavy (non-hydrogen) atoms. The van der Waals surface area contributed by atoms with Crippen LogP contribution in [0, 0.1) is 25.2 Å². The minimum absolute atomic E-state index is 0.00623. The number of ether oxygens (including phenoxy) is 1. The molecule has 0 atom stereocenters. The van der Waals surface area contributed by atoms with Crippen LogP contribution in [0.3, 0.4) is 0 Å². The van der Waals surface area contributed by atoms with Crippen molar-refractivity contribution in [2.75, 3.05) is 6.61 Å². The average molecular weight is 576 g/mol. The van der Waals surface area contributed by atoms with Gasteiger partial charge < -0.3 is 14.3 Å². The maximum atomic E-state index is 14.0. The van der Waals surface area contributed by atoms with Crippen LogP contribution in [0.1, 0.15) is 45.2 Å². The number of aryl methyl sites for hydroxylation is 2. The maximum Gasteiger partial charge on any atom is 0.417 e. The molecule has 0 spiro atoms. The fourth-order valence-corrected chi connectivity index (χ4v) is 5.80. The average Bonchev–Trinajstić information content (AvgIpc) is 3.57. The molecule has 3 aromatic heterocycles. The molecule has 0 aliphatic carbocycles. The molecule has 3 heterocycles. The zero-order chi connectivity index (χ0) is 29.5. The van der Waals surface area contributed by atoms with Gasteiger partial charge >= 0.3 is 12.1 Å². The molecule has 0 aliphatic rings. The van der Waals surface area contributed by atoms with E-state index in [1.807, 2.05) is 50.2 Å². The lowest BCUT2D eigenvalue weighted by Crippen LogP contribution is -2.28. The number of alkyl halides is 3. The van der Waals surface area contributed by atoms with E-state index < -0.39 is 28.8 Å². The van der Waals surface area contributed by atoms with Crippen LogP contribution in [-0.4, -0.2) is 22.1 Å². The van der Waals surface area contributed by atoms with Crippen LogP contribution in [0.5, 0.6) is 0 Å². The molecule has 0 saturated heterocycles. The smallest absolute Gasteiger partial charge is 0.417 e. The van der Waals surface area contributed by atoms with E-state index in [-0.39, 0.29) is 18.8 Å². The number of esters is 1. The Balaban J connectivity index is 1.63. The van der Waals surface area contributed by atoms with Crippen LogP contribution in [0.4, 0.5) is 13.2 Å². The van der Waals surface area contributed by atoms with Gasteiger partial charge in [-0.3, -0.25) is 4.79 Å². The summed E-state index contributed by atoms with van der Waals surface area (Å²) in [5.41, 5.74) is 1.39. The van der Waals surface area contributed by atoms with E-state index in [1.54, 1.807) is 25.1 Å². The first kappa shape index (κ1) is 27.9. The third-order valence-electron chi connectivity index (χ3n) is 6.80. The van der Waals surface area contributed by atoms with Gasteiger partial charge in [-0.25, -0.2) is 4.79 Å². The molecule has 6 nitrogen and oxygen atoms in total. The number of aromatic nitrogens is 2. The summed E-state index contributed by atoms with van der Waals surface area (Å²) in [6.45, 7) is 5.77. The van der Waals surface area contributed by atoms with E-state index in [9.17, 15) is 28.0 Å². The van der Waals surface area contributed by atoms with Crippen molar-refractivity contribution >= 4 is 28.2 Å². The number of benzene rings is 2. The number of nitrogens with zero attached hydrogens (tertiary/aromatic N) is 2. The molecule has 0 fully saturated rings. The Hall–Kier alpha value is -4.62. The quantitative estimate of drug-likeness (QED) is 0.213. The summed E-state index contributed by atoms with van der Waals surface area (Å²) in [5.74, 6) is -0.466. The summed E-state index contributed by atoms with van der Waals surface area (Å²) < 4.78 is 48.2. The van der Waals surface area contributed by atoms with Crippen molar-refractivity contribution < 1.29 is 22.7 Å². The number of nitriles is 1. The molecule has 0 saturated carbocycles. The Kier molecular flexibility index (Phi) is 7.32. The summed E-state index contributed by atoms with van der Waals surface area (Å²) in [5, 5.41) is 10.3. The topological polar surface area (TPSA) is 87.9 Å². The largest absolute Gasteiger partial charge is 0.461 e. The first-order valence-corrected chi connectivity index (χ1v) is 13.5. The standard InChI is InChI=1S/C31H24F3N3O3S/c1-4-40-30(39)25-13-21-12-19(7-8-24(21)36-25)27-9-10-28(41-27)26-14-23(31(32,33)34)22(15-35)29(38)37(26)16-20-6-5-17(2)11-18(20)3/h5-14,36H,4,16H2,1-3H3. The Morgan fingerprint density at radius 3 is 2.49 bits per heavy atom. The summed E-state index contributed by atoms with van der Waals surface area (Å²) in [6, 6.07) is 18.7. The summed E-state index contributed by atoms with van der Waals surface area (Å²) in [4.78, 5) is 29.7. The molecule has 1 N–H and O–H groups in total. The number of fused-ring (bicyclic) bond motifs is 1. The Morgan fingerprint density at radius 1 is 1.05 bits per heavy atom. The number of halogens is 3. The summed E-state index contributed by atoms with van der Waals surface area (Å²) >= 11 is 1.23. The molecule has 0 aliphatic heterocycles. The minimum Gasteiger partial charge on any atom is -0.461 e. The molecule has 2 aromatic carbocycles. The Labute approximate surface area is 237 Å². The van der Waals surface area contributed by atoms with Crippen LogP contribution in [0.25, 0.3) is 31.9 Å². The van der Waals surface area contributed by atoms with Gasteiger partial charge in [0.25, 0.3) is 5.56 Å². The van der Waals surface area contributed by atoms with Gasteiger partial charge in [-0.1, -0.05) is 29.8 Å². The highest BCUT2D eigenvalue weighted by Crippen LogP contribution is 2.39. The lowest BCUT2D eigenvalue weighted by atomic mass is 10.0. The van der Waals surface area contributed by atoms with Gasteiger partial charge in [0, 0.05) is 15.8 Å². The van der Waals surface area contributed by atoms with Gasteiger partial charge in [0.15, 0.2) is 0 Å². The predicted molar refractivity (Wildman–Crippen MR) is 152 cm³/mol. The number of carbonyl (C=O) groups excluding carboxylic acids is 1. The lowest BCUT2D eigenvalue weighted by Gasteiger charge is -2.18. The number of aromatic amines is 1. The maximum absolute atomic E-state index is 14.0. The second-order valence-electron chi connectivity index (χ2n) is 9.62. The molecular weight excluding hydrogens is 551 g/mol. The number of carbonyl (C=O) groups is 1. The highest BCUT2D eigenvalue weighted by molar-refractivity contribution is 7.18.